The van der Waals surface area contributed by atoms with E-state index >= 15 is 0 Å². The van der Waals surface area contributed by atoms with Crippen LogP contribution in [0.5, 0.6) is 0 Å². The lowest BCUT2D eigenvalue weighted by Gasteiger charge is -2.22. The van der Waals surface area contributed by atoms with Crippen LogP contribution in [0.25, 0.3) is 0 Å². The first-order valence-corrected chi connectivity index (χ1v) is 7.13. The van der Waals surface area contributed by atoms with Crippen LogP contribution < -0.4 is 5.32 Å². The van der Waals surface area contributed by atoms with E-state index in [1.54, 1.807) is 6.20 Å². The van der Waals surface area contributed by atoms with Crippen molar-refractivity contribution in [3.63, 3.8) is 0 Å². The lowest BCUT2D eigenvalue weighted by molar-refractivity contribution is 0.0753. The number of amides is 1. The molecule has 4 heteroatoms. The molecule has 0 aliphatic heterocycles. The van der Waals surface area contributed by atoms with Crippen LogP contribution in [0.15, 0.2) is 42.6 Å². The minimum absolute atomic E-state index is 0.00166. The molecule has 0 unspecified atom stereocenters. The predicted octanol–water partition coefficient (Wildman–Crippen LogP) is 3.09. The van der Waals surface area contributed by atoms with Gasteiger partial charge in [-0.25, -0.2) is 0 Å². The minimum Gasteiger partial charge on any atom is -0.387 e. The van der Waals surface area contributed by atoms with Crippen LogP contribution in [-0.4, -0.2) is 29.4 Å². The van der Waals surface area contributed by atoms with Gasteiger partial charge in [0.25, 0.3) is 5.91 Å². The fourth-order valence-electron chi connectivity index (χ4n) is 2.24. The van der Waals surface area contributed by atoms with Gasteiger partial charge in [0, 0.05) is 32.0 Å². The van der Waals surface area contributed by atoms with Crippen LogP contribution in [0, 0.1) is 6.92 Å². The van der Waals surface area contributed by atoms with Crippen molar-refractivity contribution in [2.45, 2.75) is 20.4 Å². The molecule has 1 aromatic heterocycles. The molecular formula is C17H21N3O. The molecule has 1 heterocycles. The van der Waals surface area contributed by atoms with Crippen LogP contribution in [0.2, 0.25) is 0 Å². The molecule has 0 atom stereocenters. The van der Waals surface area contributed by atoms with Crippen molar-refractivity contribution in [1.82, 2.24) is 9.88 Å². The Labute approximate surface area is 125 Å². The van der Waals surface area contributed by atoms with E-state index in [0.29, 0.717) is 18.7 Å². The van der Waals surface area contributed by atoms with Gasteiger partial charge in [-0.15, -0.1) is 0 Å². The first-order chi connectivity index (χ1) is 10.2. The normalized spacial score (nSPS) is 10.2. The average molecular weight is 283 g/mol. The van der Waals surface area contributed by atoms with Gasteiger partial charge in [-0.05, 0) is 25.5 Å². The number of aromatic nitrogens is 1. The number of nitrogens with zero attached hydrogens (tertiary/aromatic N) is 2. The van der Waals surface area contributed by atoms with Gasteiger partial charge in [0.05, 0.1) is 11.3 Å². The summed E-state index contributed by atoms with van der Waals surface area (Å²) < 4.78 is 0. The molecule has 21 heavy (non-hydrogen) atoms. The predicted molar refractivity (Wildman–Crippen MR) is 85.4 cm³/mol. The summed E-state index contributed by atoms with van der Waals surface area (Å²) in [7, 11) is 1.82. The number of carbonyl (C=O) groups excluding carboxylic acids is 1. The molecule has 0 bridgehead atoms. The molecule has 0 spiro atoms. The number of aryl methyl sites for hydroxylation is 1. The topological polar surface area (TPSA) is 45.2 Å². The average Bonchev–Trinajstić information content (AvgIpc) is 2.52. The second-order valence-corrected chi connectivity index (χ2v) is 4.93. The first kappa shape index (κ1) is 15.0. The highest BCUT2D eigenvalue weighted by Crippen LogP contribution is 2.18. The summed E-state index contributed by atoms with van der Waals surface area (Å²) in [5.41, 5.74) is 3.45. The maximum absolute atomic E-state index is 12.7. The van der Waals surface area contributed by atoms with Gasteiger partial charge in [0.1, 0.15) is 0 Å². The van der Waals surface area contributed by atoms with Crippen LogP contribution in [0.3, 0.4) is 0 Å². The summed E-state index contributed by atoms with van der Waals surface area (Å²) in [6.07, 6.45) is 1.65. The summed E-state index contributed by atoms with van der Waals surface area (Å²) in [5, 5.41) is 3.07. The molecule has 2 aromatic rings. The highest BCUT2D eigenvalue weighted by Gasteiger charge is 2.18. The van der Waals surface area contributed by atoms with E-state index in [1.807, 2.05) is 62.2 Å². The van der Waals surface area contributed by atoms with Crippen LogP contribution in [-0.2, 0) is 6.54 Å². The van der Waals surface area contributed by atoms with Crippen molar-refractivity contribution < 1.29 is 4.79 Å². The number of pyridine rings is 1. The van der Waals surface area contributed by atoms with Crippen LogP contribution in [0.1, 0.15) is 28.5 Å². The van der Waals surface area contributed by atoms with Gasteiger partial charge in [-0.1, -0.05) is 30.3 Å². The quantitative estimate of drug-likeness (QED) is 0.917. The minimum atomic E-state index is -0.00166. The number of nitrogens with one attached hydrogen (secondary N) is 1. The van der Waals surface area contributed by atoms with Gasteiger partial charge in [-0.3, -0.25) is 9.78 Å². The Hall–Kier alpha value is -2.36. The molecule has 4 nitrogen and oxygen atoms in total. The van der Waals surface area contributed by atoms with E-state index in [4.69, 9.17) is 0 Å². The largest absolute Gasteiger partial charge is 0.387 e. The van der Waals surface area contributed by atoms with Gasteiger partial charge in [0.2, 0.25) is 0 Å². The van der Waals surface area contributed by atoms with Crippen molar-refractivity contribution in [3.05, 3.63) is 59.4 Å². The van der Waals surface area contributed by atoms with Crippen molar-refractivity contribution in [2.24, 2.45) is 0 Å². The number of rotatable bonds is 5. The molecule has 1 N–H and O–H groups in total. The fraction of sp³-hybridized carbons (Fsp3) is 0.294. The first-order valence-electron chi connectivity index (χ1n) is 7.13. The number of benzene rings is 1. The molecule has 1 amide bonds. The highest BCUT2D eigenvalue weighted by molar-refractivity contribution is 5.99. The standard InChI is InChI=1S/C17H21N3O/c1-4-20(12-14-8-6-5-7-9-14)17(21)15-11-19-13(2)10-16(15)18-3/h5-11H,4,12H2,1-3H3,(H,18,19). The van der Waals surface area contributed by atoms with E-state index in [9.17, 15) is 4.79 Å². The van der Waals surface area contributed by atoms with E-state index < -0.39 is 0 Å². The SMILES string of the molecule is CCN(Cc1ccccc1)C(=O)c1cnc(C)cc1NC. The maximum Gasteiger partial charge on any atom is 0.257 e. The van der Waals surface area contributed by atoms with Gasteiger partial charge >= 0.3 is 0 Å². The highest BCUT2D eigenvalue weighted by atomic mass is 16.2. The van der Waals surface area contributed by atoms with Crippen molar-refractivity contribution >= 4 is 11.6 Å². The van der Waals surface area contributed by atoms with Gasteiger partial charge in [-0.2, -0.15) is 0 Å². The lowest BCUT2D eigenvalue weighted by Crippen LogP contribution is -2.31. The third kappa shape index (κ3) is 3.60. The Morgan fingerprint density at radius 1 is 1.29 bits per heavy atom. The zero-order valence-corrected chi connectivity index (χ0v) is 12.8. The van der Waals surface area contributed by atoms with Crippen LogP contribution >= 0.6 is 0 Å². The Kier molecular flexibility index (Phi) is 4.93. The Balaban J connectivity index is 2.24. The molecule has 0 fully saturated rings. The third-order valence-corrected chi connectivity index (χ3v) is 3.43. The summed E-state index contributed by atoms with van der Waals surface area (Å²) in [6, 6.07) is 11.9. The molecular weight excluding hydrogens is 262 g/mol. The van der Waals surface area contributed by atoms with E-state index in [-0.39, 0.29) is 5.91 Å². The summed E-state index contributed by atoms with van der Waals surface area (Å²) in [5.74, 6) is -0.00166. The van der Waals surface area contributed by atoms with Gasteiger partial charge in [0.15, 0.2) is 0 Å². The van der Waals surface area contributed by atoms with E-state index in [2.05, 4.69) is 10.3 Å². The van der Waals surface area contributed by atoms with Crippen molar-refractivity contribution in [3.8, 4) is 0 Å². The lowest BCUT2D eigenvalue weighted by atomic mass is 10.1. The van der Waals surface area contributed by atoms with Crippen LogP contribution in [0.4, 0.5) is 5.69 Å². The number of hydrogen-bond donors (Lipinski definition) is 1. The monoisotopic (exact) mass is 283 g/mol. The number of anilines is 1. The van der Waals surface area contributed by atoms with E-state index in [0.717, 1.165) is 16.9 Å². The summed E-state index contributed by atoms with van der Waals surface area (Å²) in [4.78, 5) is 18.8. The third-order valence-electron chi connectivity index (χ3n) is 3.43. The number of hydrogen-bond acceptors (Lipinski definition) is 3. The van der Waals surface area contributed by atoms with E-state index in [1.165, 1.54) is 0 Å². The summed E-state index contributed by atoms with van der Waals surface area (Å²) in [6.45, 7) is 5.16. The molecule has 1 aromatic carbocycles. The van der Waals surface area contributed by atoms with Crippen molar-refractivity contribution in [1.29, 1.82) is 0 Å². The smallest absolute Gasteiger partial charge is 0.257 e. The fourth-order valence-corrected chi connectivity index (χ4v) is 2.24. The second kappa shape index (κ2) is 6.88. The number of carbonyl (C=O) groups is 1. The maximum atomic E-state index is 12.7. The Bertz CT molecular complexity index is 611. The molecule has 0 saturated heterocycles. The second-order valence-electron chi connectivity index (χ2n) is 4.93. The molecule has 0 aliphatic carbocycles. The molecule has 0 radical (unpaired) electrons. The summed E-state index contributed by atoms with van der Waals surface area (Å²) >= 11 is 0. The molecule has 110 valence electrons. The molecule has 0 saturated carbocycles. The molecule has 0 aliphatic rings. The Morgan fingerprint density at radius 2 is 2.00 bits per heavy atom. The Morgan fingerprint density at radius 3 is 2.62 bits per heavy atom. The van der Waals surface area contributed by atoms with Gasteiger partial charge < -0.3 is 10.2 Å². The molecule has 2 rings (SSSR count). The van der Waals surface area contributed by atoms with Crippen molar-refractivity contribution in [2.75, 3.05) is 18.9 Å². The zero-order chi connectivity index (χ0) is 15.2. The zero-order valence-electron chi connectivity index (χ0n) is 12.8.